The molecule has 0 radical (unpaired) electrons. The second-order valence-corrected chi connectivity index (χ2v) is 5.49. The third-order valence-corrected chi connectivity index (χ3v) is 4.20. The number of carbonyl (C=O) groups excluding carboxylic acids is 1. The Balaban J connectivity index is 2.10. The van der Waals surface area contributed by atoms with E-state index >= 15 is 0 Å². The van der Waals surface area contributed by atoms with Crippen molar-refractivity contribution in [2.75, 3.05) is 6.54 Å². The van der Waals surface area contributed by atoms with Crippen LogP contribution < -0.4 is 0 Å². The van der Waals surface area contributed by atoms with E-state index in [1.165, 1.54) is 12.5 Å². The van der Waals surface area contributed by atoms with Crippen LogP contribution in [0.2, 0.25) is 0 Å². The number of amides is 1. The van der Waals surface area contributed by atoms with E-state index in [0.717, 1.165) is 31.4 Å². The van der Waals surface area contributed by atoms with E-state index in [1.54, 1.807) is 6.07 Å². The van der Waals surface area contributed by atoms with Gasteiger partial charge in [-0.25, -0.2) is 4.39 Å². The molecule has 98 valence electrons. The average Bonchev–Trinajstić information content (AvgIpc) is 2.34. The molecule has 0 N–H and O–H groups in total. The lowest BCUT2D eigenvalue weighted by Crippen LogP contribution is -2.32. The van der Waals surface area contributed by atoms with Crippen LogP contribution in [0.1, 0.15) is 37.7 Å². The first-order valence-corrected chi connectivity index (χ1v) is 7.18. The molecule has 0 atom stereocenters. The van der Waals surface area contributed by atoms with E-state index < -0.39 is 0 Å². The molecule has 4 heteroatoms. The minimum absolute atomic E-state index is 0.186. The van der Waals surface area contributed by atoms with E-state index in [1.807, 2.05) is 11.0 Å². The maximum Gasteiger partial charge on any atom is 0.222 e. The van der Waals surface area contributed by atoms with Crippen LogP contribution >= 0.6 is 15.9 Å². The first-order valence-electron chi connectivity index (χ1n) is 6.39. The van der Waals surface area contributed by atoms with Crippen LogP contribution in [0.5, 0.6) is 0 Å². The van der Waals surface area contributed by atoms with Crippen molar-refractivity contribution in [2.24, 2.45) is 0 Å². The minimum atomic E-state index is -0.271. The molecular weight excluding hydrogens is 297 g/mol. The lowest BCUT2D eigenvalue weighted by molar-refractivity contribution is -0.132. The molecule has 1 aliphatic heterocycles. The van der Waals surface area contributed by atoms with E-state index in [0.29, 0.717) is 17.4 Å². The third kappa shape index (κ3) is 3.31. The van der Waals surface area contributed by atoms with Crippen molar-refractivity contribution >= 4 is 21.8 Å². The lowest BCUT2D eigenvalue weighted by Gasteiger charge is -2.25. The van der Waals surface area contributed by atoms with E-state index in [2.05, 4.69) is 15.9 Å². The summed E-state index contributed by atoms with van der Waals surface area (Å²) in [4.78, 5) is 13.8. The van der Waals surface area contributed by atoms with E-state index in [9.17, 15) is 9.18 Å². The largest absolute Gasteiger partial charge is 0.338 e. The molecular formula is C14H17BrFNO. The Hall–Kier alpha value is -0.900. The predicted molar refractivity (Wildman–Crippen MR) is 72.6 cm³/mol. The molecule has 1 heterocycles. The number of carbonyl (C=O) groups is 1. The molecule has 0 aliphatic carbocycles. The lowest BCUT2D eigenvalue weighted by atomic mass is 10.1. The molecule has 1 amide bonds. The Morgan fingerprint density at radius 2 is 2.00 bits per heavy atom. The fraction of sp³-hybridized carbons (Fsp3) is 0.500. The van der Waals surface area contributed by atoms with Gasteiger partial charge in [-0.3, -0.25) is 4.79 Å². The number of benzene rings is 1. The fourth-order valence-corrected chi connectivity index (χ4v) is 2.65. The fourth-order valence-electron chi connectivity index (χ4n) is 2.26. The zero-order valence-corrected chi connectivity index (χ0v) is 11.9. The summed E-state index contributed by atoms with van der Waals surface area (Å²) in [5.41, 5.74) is 0.837. The highest BCUT2D eigenvalue weighted by atomic mass is 79.9. The van der Waals surface area contributed by atoms with E-state index in [4.69, 9.17) is 0 Å². The maximum atomic E-state index is 13.4. The highest BCUT2D eigenvalue weighted by molar-refractivity contribution is 9.10. The van der Waals surface area contributed by atoms with E-state index in [-0.39, 0.29) is 11.7 Å². The maximum absolute atomic E-state index is 13.4. The second-order valence-electron chi connectivity index (χ2n) is 4.69. The number of rotatable bonds is 2. The van der Waals surface area contributed by atoms with Crippen molar-refractivity contribution in [1.82, 2.24) is 4.90 Å². The molecule has 2 rings (SSSR count). The number of nitrogens with zero attached hydrogens (tertiary/aromatic N) is 1. The normalized spacial score (nSPS) is 17.4. The molecule has 1 aliphatic rings. The molecule has 2 nitrogen and oxygen atoms in total. The van der Waals surface area contributed by atoms with Gasteiger partial charge in [-0.1, -0.05) is 25.0 Å². The standard InChI is InChI=1S/C14H17BrFNO/c15-14-11(6-5-7-12(14)16)10-17-9-4-2-1-3-8-13(17)18/h5-7H,1-4,8-10H2. The van der Waals surface area contributed by atoms with Crippen molar-refractivity contribution in [2.45, 2.75) is 38.6 Å². The Bertz CT molecular complexity index is 436. The van der Waals surface area contributed by atoms with Gasteiger partial charge in [-0.2, -0.15) is 0 Å². The first-order chi connectivity index (χ1) is 8.68. The van der Waals surface area contributed by atoms with Gasteiger partial charge in [0.1, 0.15) is 5.82 Å². The molecule has 1 aromatic rings. The van der Waals surface area contributed by atoms with Gasteiger partial charge in [0.05, 0.1) is 4.47 Å². The van der Waals surface area contributed by atoms with Crippen LogP contribution in [0, 0.1) is 5.82 Å². The van der Waals surface area contributed by atoms with Crippen LogP contribution in [0.4, 0.5) is 4.39 Å². The third-order valence-electron chi connectivity index (χ3n) is 3.31. The molecule has 0 saturated carbocycles. The van der Waals surface area contributed by atoms with Crippen LogP contribution in [0.15, 0.2) is 22.7 Å². The summed E-state index contributed by atoms with van der Waals surface area (Å²) in [5.74, 6) is -0.0853. The molecule has 0 spiro atoms. The van der Waals surface area contributed by atoms with Gasteiger partial charge in [0.2, 0.25) is 5.91 Å². The summed E-state index contributed by atoms with van der Waals surface area (Å²) in [6.07, 6.45) is 4.95. The molecule has 1 saturated heterocycles. The predicted octanol–water partition coefficient (Wildman–Crippen LogP) is 3.88. The molecule has 1 aromatic carbocycles. The highest BCUT2D eigenvalue weighted by Gasteiger charge is 2.17. The molecule has 0 aromatic heterocycles. The Morgan fingerprint density at radius 3 is 2.83 bits per heavy atom. The van der Waals surface area contributed by atoms with Crippen molar-refractivity contribution in [3.63, 3.8) is 0 Å². The highest BCUT2D eigenvalue weighted by Crippen LogP contribution is 2.23. The van der Waals surface area contributed by atoms with Crippen molar-refractivity contribution in [1.29, 1.82) is 0 Å². The van der Waals surface area contributed by atoms with Gasteiger partial charge in [-0.05, 0) is 40.4 Å². The second kappa shape index (κ2) is 6.32. The molecule has 18 heavy (non-hydrogen) atoms. The summed E-state index contributed by atoms with van der Waals surface area (Å²) in [7, 11) is 0. The summed E-state index contributed by atoms with van der Waals surface area (Å²) in [6.45, 7) is 1.28. The average molecular weight is 314 g/mol. The number of likely N-dealkylation sites (tertiary alicyclic amines) is 1. The Morgan fingerprint density at radius 1 is 1.22 bits per heavy atom. The zero-order valence-electron chi connectivity index (χ0n) is 10.3. The molecule has 0 bridgehead atoms. The van der Waals surface area contributed by atoms with Crippen molar-refractivity contribution < 1.29 is 9.18 Å². The summed E-state index contributed by atoms with van der Waals surface area (Å²) in [5, 5.41) is 0. The van der Waals surface area contributed by atoms with Crippen molar-refractivity contribution in [3.8, 4) is 0 Å². The van der Waals surface area contributed by atoms with Crippen LogP contribution in [0.25, 0.3) is 0 Å². The van der Waals surface area contributed by atoms with Crippen molar-refractivity contribution in [3.05, 3.63) is 34.1 Å². The Kier molecular flexibility index (Phi) is 4.75. The quantitative estimate of drug-likeness (QED) is 0.811. The van der Waals surface area contributed by atoms with Gasteiger partial charge in [0.15, 0.2) is 0 Å². The van der Waals surface area contributed by atoms with Crippen LogP contribution in [-0.2, 0) is 11.3 Å². The number of hydrogen-bond donors (Lipinski definition) is 0. The summed E-state index contributed by atoms with van der Waals surface area (Å²) in [6, 6.07) is 4.96. The minimum Gasteiger partial charge on any atom is -0.338 e. The van der Waals surface area contributed by atoms with Gasteiger partial charge >= 0.3 is 0 Å². The molecule has 1 fully saturated rings. The smallest absolute Gasteiger partial charge is 0.222 e. The van der Waals surface area contributed by atoms with Crippen LogP contribution in [-0.4, -0.2) is 17.4 Å². The van der Waals surface area contributed by atoms with Gasteiger partial charge < -0.3 is 4.90 Å². The monoisotopic (exact) mass is 313 g/mol. The molecule has 0 unspecified atom stereocenters. The first kappa shape index (κ1) is 13.5. The zero-order chi connectivity index (χ0) is 13.0. The van der Waals surface area contributed by atoms with Gasteiger partial charge in [0, 0.05) is 19.5 Å². The SMILES string of the molecule is O=C1CCCCCCN1Cc1cccc(F)c1Br. The van der Waals surface area contributed by atoms with Gasteiger partial charge in [0.25, 0.3) is 0 Å². The van der Waals surface area contributed by atoms with Crippen LogP contribution in [0.3, 0.4) is 0 Å². The summed E-state index contributed by atoms with van der Waals surface area (Å²) >= 11 is 3.25. The number of halogens is 2. The topological polar surface area (TPSA) is 20.3 Å². The van der Waals surface area contributed by atoms with Gasteiger partial charge in [-0.15, -0.1) is 0 Å². The summed E-state index contributed by atoms with van der Waals surface area (Å²) < 4.78 is 13.9. The Labute approximate surface area is 115 Å². The number of hydrogen-bond acceptors (Lipinski definition) is 1.